The lowest BCUT2D eigenvalue weighted by Gasteiger charge is -1.99. The van der Waals surface area contributed by atoms with Crippen LogP contribution in [-0.2, 0) is 16.1 Å². The van der Waals surface area contributed by atoms with Crippen LogP contribution in [0, 0.1) is 0 Å². The lowest BCUT2D eigenvalue weighted by atomic mass is 10.4. The van der Waals surface area contributed by atoms with Gasteiger partial charge in [0.05, 0.1) is 13.5 Å². The zero-order valence-electron chi connectivity index (χ0n) is 8.67. The highest BCUT2D eigenvalue weighted by Gasteiger charge is 2.11. The lowest BCUT2D eigenvalue weighted by molar-refractivity contribution is -0.140. The molecule has 84 valence electrons. The topological polar surface area (TPSA) is 74.3 Å². The lowest BCUT2D eigenvalue weighted by Crippen LogP contribution is -2.17. The maximum atomic E-state index is 11.4. The molecule has 0 unspecified atom stereocenters. The number of hydrogen-bond acceptors (Lipinski definition) is 5. The van der Waals surface area contributed by atoms with Gasteiger partial charge in [0.1, 0.15) is 0 Å². The SMILES string of the molecule is COC(=O)CCn1c(=O)oc2cccnc21. The molecule has 2 rings (SSSR count). The minimum atomic E-state index is -0.516. The van der Waals surface area contributed by atoms with Crippen LogP contribution in [0.3, 0.4) is 0 Å². The highest BCUT2D eigenvalue weighted by Crippen LogP contribution is 2.08. The number of fused-ring (bicyclic) bond motifs is 1. The molecule has 2 aromatic heterocycles. The number of aryl methyl sites for hydroxylation is 1. The zero-order chi connectivity index (χ0) is 11.5. The quantitative estimate of drug-likeness (QED) is 0.709. The normalized spacial score (nSPS) is 10.6. The van der Waals surface area contributed by atoms with Gasteiger partial charge in [-0.25, -0.2) is 9.78 Å². The highest BCUT2D eigenvalue weighted by molar-refractivity contribution is 5.70. The first-order valence-corrected chi connectivity index (χ1v) is 4.73. The number of carbonyl (C=O) groups is 1. The van der Waals surface area contributed by atoms with Gasteiger partial charge in [-0.3, -0.25) is 9.36 Å². The van der Waals surface area contributed by atoms with Crippen molar-refractivity contribution in [2.75, 3.05) is 7.11 Å². The van der Waals surface area contributed by atoms with Gasteiger partial charge in [-0.2, -0.15) is 0 Å². The molecule has 0 aromatic carbocycles. The second-order valence-corrected chi connectivity index (χ2v) is 3.17. The Hall–Kier alpha value is -2.11. The summed E-state index contributed by atoms with van der Waals surface area (Å²) in [4.78, 5) is 26.4. The first kappa shape index (κ1) is 10.4. The third kappa shape index (κ3) is 1.81. The number of esters is 1. The molecule has 0 aliphatic carbocycles. The van der Waals surface area contributed by atoms with Crippen molar-refractivity contribution in [2.45, 2.75) is 13.0 Å². The number of hydrogen-bond donors (Lipinski definition) is 0. The average molecular weight is 222 g/mol. The molecule has 0 saturated heterocycles. The third-order valence-electron chi connectivity index (χ3n) is 2.19. The molecule has 0 amide bonds. The first-order chi connectivity index (χ1) is 7.72. The van der Waals surface area contributed by atoms with Crippen LogP contribution in [-0.4, -0.2) is 22.6 Å². The molecule has 0 spiro atoms. The number of oxazole rings is 1. The van der Waals surface area contributed by atoms with Gasteiger partial charge in [-0.1, -0.05) is 0 Å². The van der Waals surface area contributed by atoms with Crippen LogP contribution in [0.25, 0.3) is 11.2 Å². The molecule has 0 aliphatic rings. The maximum Gasteiger partial charge on any atom is 0.421 e. The molecule has 0 saturated carbocycles. The van der Waals surface area contributed by atoms with E-state index >= 15 is 0 Å². The molecule has 0 aliphatic heterocycles. The van der Waals surface area contributed by atoms with Crippen molar-refractivity contribution >= 4 is 17.2 Å². The Bertz CT molecular complexity index is 569. The Morgan fingerprint density at radius 1 is 1.62 bits per heavy atom. The second-order valence-electron chi connectivity index (χ2n) is 3.17. The molecule has 0 fully saturated rings. The van der Waals surface area contributed by atoms with E-state index in [1.165, 1.54) is 11.7 Å². The average Bonchev–Trinajstić information content (AvgIpc) is 2.62. The van der Waals surface area contributed by atoms with E-state index in [4.69, 9.17) is 4.42 Å². The number of aromatic nitrogens is 2. The summed E-state index contributed by atoms with van der Waals surface area (Å²) < 4.78 is 10.8. The van der Waals surface area contributed by atoms with E-state index in [9.17, 15) is 9.59 Å². The molecule has 2 heterocycles. The monoisotopic (exact) mass is 222 g/mol. The van der Waals surface area contributed by atoms with Crippen LogP contribution in [0.15, 0.2) is 27.5 Å². The number of methoxy groups -OCH3 is 1. The largest absolute Gasteiger partial charge is 0.469 e. The minimum Gasteiger partial charge on any atom is -0.469 e. The van der Waals surface area contributed by atoms with Gasteiger partial charge in [-0.15, -0.1) is 0 Å². The predicted molar refractivity (Wildman–Crippen MR) is 54.9 cm³/mol. The fourth-order valence-electron chi connectivity index (χ4n) is 1.40. The summed E-state index contributed by atoms with van der Waals surface area (Å²) in [7, 11) is 1.30. The fourth-order valence-corrected chi connectivity index (χ4v) is 1.40. The van der Waals surface area contributed by atoms with E-state index in [1.54, 1.807) is 18.3 Å². The summed E-state index contributed by atoms with van der Waals surface area (Å²) >= 11 is 0. The van der Waals surface area contributed by atoms with Crippen molar-refractivity contribution in [3.05, 3.63) is 28.9 Å². The zero-order valence-corrected chi connectivity index (χ0v) is 8.67. The van der Waals surface area contributed by atoms with Gasteiger partial charge < -0.3 is 9.15 Å². The van der Waals surface area contributed by atoms with Gasteiger partial charge in [0, 0.05) is 12.7 Å². The standard InChI is InChI=1S/C10H10N2O4/c1-15-8(13)4-6-12-9-7(16-10(12)14)3-2-5-11-9/h2-3,5H,4,6H2,1H3. The van der Waals surface area contributed by atoms with Gasteiger partial charge >= 0.3 is 11.7 Å². The first-order valence-electron chi connectivity index (χ1n) is 4.73. The Kier molecular flexibility index (Phi) is 2.72. The molecule has 6 heteroatoms. The third-order valence-corrected chi connectivity index (χ3v) is 2.19. The maximum absolute atomic E-state index is 11.4. The Labute approximate surface area is 90.5 Å². The molecule has 0 radical (unpaired) electrons. The van der Waals surface area contributed by atoms with Crippen LogP contribution in [0.4, 0.5) is 0 Å². The molecular weight excluding hydrogens is 212 g/mol. The molecular formula is C10H10N2O4. The summed E-state index contributed by atoms with van der Waals surface area (Å²) in [6.07, 6.45) is 1.67. The van der Waals surface area contributed by atoms with E-state index in [2.05, 4.69) is 9.72 Å². The fraction of sp³-hybridized carbons (Fsp3) is 0.300. The molecule has 6 nitrogen and oxygen atoms in total. The van der Waals surface area contributed by atoms with Crippen LogP contribution >= 0.6 is 0 Å². The van der Waals surface area contributed by atoms with Gasteiger partial charge in [0.2, 0.25) is 0 Å². The van der Waals surface area contributed by atoms with Gasteiger partial charge in [0.25, 0.3) is 0 Å². The second kappa shape index (κ2) is 4.18. The minimum absolute atomic E-state index is 0.113. The van der Waals surface area contributed by atoms with Crippen molar-refractivity contribution in [1.82, 2.24) is 9.55 Å². The molecule has 0 atom stereocenters. The number of ether oxygens (including phenoxy) is 1. The van der Waals surface area contributed by atoms with Crippen LogP contribution in [0.1, 0.15) is 6.42 Å². The summed E-state index contributed by atoms with van der Waals surface area (Å²) in [6, 6.07) is 3.33. The van der Waals surface area contributed by atoms with Crippen molar-refractivity contribution in [2.24, 2.45) is 0 Å². The number of carbonyl (C=O) groups excluding carboxylic acids is 1. The van der Waals surface area contributed by atoms with Crippen molar-refractivity contribution < 1.29 is 13.9 Å². The highest BCUT2D eigenvalue weighted by atomic mass is 16.5. The van der Waals surface area contributed by atoms with E-state index in [1.807, 2.05) is 0 Å². The van der Waals surface area contributed by atoms with E-state index < -0.39 is 5.76 Å². The van der Waals surface area contributed by atoms with Gasteiger partial charge in [0.15, 0.2) is 11.2 Å². The molecule has 2 aromatic rings. The van der Waals surface area contributed by atoms with Crippen LogP contribution in [0.2, 0.25) is 0 Å². The molecule has 16 heavy (non-hydrogen) atoms. The number of nitrogens with zero attached hydrogens (tertiary/aromatic N) is 2. The van der Waals surface area contributed by atoms with Crippen LogP contribution < -0.4 is 5.76 Å². The number of rotatable bonds is 3. The molecule has 0 N–H and O–H groups in total. The summed E-state index contributed by atoms with van der Waals surface area (Å²) in [5.74, 6) is -0.894. The van der Waals surface area contributed by atoms with Crippen molar-refractivity contribution in [3.8, 4) is 0 Å². The van der Waals surface area contributed by atoms with E-state index in [0.717, 1.165) is 0 Å². The Balaban J connectivity index is 2.33. The summed E-state index contributed by atoms with van der Waals surface area (Å²) in [5, 5.41) is 0. The Morgan fingerprint density at radius 2 is 2.44 bits per heavy atom. The summed E-state index contributed by atoms with van der Waals surface area (Å²) in [6.45, 7) is 0.204. The summed E-state index contributed by atoms with van der Waals surface area (Å²) in [5.41, 5.74) is 0.855. The van der Waals surface area contributed by atoms with E-state index in [0.29, 0.717) is 11.2 Å². The smallest absolute Gasteiger partial charge is 0.421 e. The van der Waals surface area contributed by atoms with Crippen LogP contribution in [0.5, 0.6) is 0 Å². The number of pyridine rings is 1. The van der Waals surface area contributed by atoms with Crippen molar-refractivity contribution in [1.29, 1.82) is 0 Å². The predicted octanol–water partition coefficient (Wildman–Crippen LogP) is 0.553. The van der Waals surface area contributed by atoms with Crippen molar-refractivity contribution in [3.63, 3.8) is 0 Å². The van der Waals surface area contributed by atoms with E-state index in [-0.39, 0.29) is 18.9 Å². The Morgan fingerprint density at radius 3 is 3.19 bits per heavy atom. The van der Waals surface area contributed by atoms with Gasteiger partial charge in [-0.05, 0) is 12.1 Å². The molecule has 0 bridgehead atoms.